The Morgan fingerprint density at radius 2 is 2.33 bits per heavy atom. The number of hydrogen-bond donors (Lipinski definition) is 1. The fourth-order valence-electron chi connectivity index (χ4n) is 2.03. The van der Waals surface area contributed by atoms with Crippen LogP contribution in [0.2, 0.25) is 0 Å². The van der Waals surface area contributed by atoms with Gasteiger partial charge in [0, 0.05) is 19.7 Å². The van der Waals surface area contributed by atoms with Crippen LogP contribution in [0.3, 0.4) is 0 Å². The lowest BCUT2D eigenvalue weighted by atomic mass is 9.94. The van der Waals surface area contributed by atoms with Crippen LogP contribution in [0, 0.1) is 5.92 Å². The maximum atomic E-state index is 12.1. The lowest BCUT2D eigenvalue weighted by Gasteiger charge is -2.32. The molecular formula is C11H21NO3. The summed E-state index contributed by atoms with van der Waals surface area (Å²) in [6.45, 7) is 5.76. The summed E-state index contributed by atoms with van der Waals surface area (Å²) in [4.78, 5) is 13.8. The summed E-state index contributed by atoms with van der Waals surface area (Å²) in [6, 6.07) is 0. The van der Waals surface area contributed by atoms with Crippen LogP contribution >= 0.6 is 0 Å². The van der Waals surface area contributed by atoms with Gasteiger partial charge in [-0.05, 0) is 26.7 Å². The predicted molar refractivity (Wildman–Crippen MR) is 57.5 cm³/mol. The van der Waals surface area contributed by atoms with Crippen molar-refractivity contribution in [3.63, 3.8) is 0 Å². The Kier molecular flexibility index (Phi) is 5.05. The average Bonchev–Trinajstić information content (AvgIpc) is 2.25. The SMILES string of the molecule is CCN(CCO)C(=O)C1CCCOC1C. The quantitative estimate of drug-likeness (QED) is 0.749. The van der Waals surface area contributed by atoms with E-state index in [9.17, 15) is 4.79 Å². The molecule has 1 aliphatic rings. The summed E-state index contributed by atoms with van der Waals surface area (Å²) in [5.41, 5.74) is 0. The fourth-order valence-corrected chi connectivity index (χ4v) is 2.03. The normalized spacial score (nSPS) is 26.3. The van der Waals surface area contributed by atoms with Crippen molar-refractivity contribution in [1.29, 1.82) is 0 Å². The molecule has 4 heteroatoms. The van der Waals surface area contributed by atoms with E-state index in [2.05, 4.69) is 0 Å². The molecule has 1 aliphatic heterocycles. The van der Waals surface area contributed by atoms with Crippen molar-refractivity contribution in [3.8, 4) is 0 Å². The van der Waals surface area contributed by atoms with Gasteiger partial charge in [0.2, 0.25) is 5.91 Å². The monoisotopic (exact) mass is 215 g/mol. The molecule has 15 heavy (non-hydrogen) atoms. The lowest BCUT2D eigenvalue weighted by Crippen LogP contribution is -2.43. The van der Waals surface area contributed by atoms with Gasteiger partial charge in [0.25, 0.3) is 0 Å². The molecule has 1 amide bonds. The summed E-state index contributed by atoms with van der Waals surface area (Å²) in [6.07, 6.45) is 1.87. The van der Waals surface area contributed by atoms with Gasteiger partial charge in [-0.15, -0.1) is 0 Å². The first-order valence-corrected chi connectivity index (χ1v) is 5.72. The topological polar surface area (TPSA) is 49.8 Å². The highest BCUT2D eigenvalue weighted by Crippen LogP contribution is 2.22. The molecule has 0 saturated carbocycles. The molecule has 0 bridgehead atoms. The molecule has 1 saturated heterocycles. The van der Waals surface area contributed by atoms with Crippen LogP contribution in [0.15, 0.2) is 0 Å². The number of hydrogen-bond acceptors (Lipinski definition) is 3. The Morgan fingerprint density at radius 1 is 1.60 bits per heavy atom. The standard InChI is InChI=1S/C11H21NO3/c1-3-12(6-7-13)11(14)10-5-4-8-15-9(10)2/h9-10,13H,3-8H2,1-2H3. The van der Waals surface area contributed by atoms with Crippen molar-refractivity contribution in [3.05, 3.63) is 0 Å². The van der Waals surface area contributed by atoms with Gasteiger partial charge in [0.1, 0.15) is 0 Å². The third-order valence-electron chi connectivity index (χ3n) is 2.99. The molecule has 2 atom stereocenters. The highest BCUT2D eigenvalue weighted by Gasteiger charge is 2.31. The van der Waals surface area contributed by atoms with Crippen LogP contribution in [0.25, 0.3) is 0 Å². The Labute approximate surface area is 91.2 Å². The van der Waals surface area contributed by atoms with Crippen molar-refractivity contribution in [2.24, 2.45) is 5.92 Å². The first-order chi connectivity index (χ1) is 7.20. The zero-order valence-electron chi connectivity index (χ0n) is 9.61. The zero-order chi connectivity index (χ0) is 11.3. The van der Waals surface area contributed by atoms with Crippen molar-refractivity contribution < 1.29 is 14.6 Å². The van der Waals surface area contributed by atoms with E-state index >= 15 is 0 Å². The Bertz CT molecular complexity index is 208. The number of amides is 1. The summed E-state index contributed by atoms with van der Waals surface area (Å²) < 4.78 is 5.47. The Hall–Kier alpha value is -0.610. The average molecular weight is 215 g/mol. The largest absolute Gasteiger partial charge is 0.395 e. The molecule has 1 fully saturated rings. The third-order valence-corrected chi connectivity index (χ3v) is 2.99. The number of nitrogens with zero attached hydrogens (tertiary/aromatic N) is 1. The highest BCUT2D eigenvalue weighted by atomic mass is 16.5. The Balaban J connectivity index is 2.55. The fraction of sp³-hybridized carbons (Fsp3) is 0.909. The second kappa shape index (κ2) is 6.08. The van der Waals surface area contributed by atoms with Crippen LogP contribution in [-0.2, 0) is 9.53 Å². The molecule has 2 unspecified atom stereocenters. The van der Waals surface area contributed by atoms with Gasteiger partial charge < -0.3 is 14.7 Å². The number of carbonyl (C=O) groups is 1. The molecule has 0 aromatic rings. The minimum Gasteiger partial charge on any atom is -0.395 e. The number of aliphatic hydroxyl groups excluding tert-OH is 1. The second-order valence-corrected chi connectivity index (χ2v) is 3.97. The number of carbonyl (C=O) groups excluding carboxylic acids is 1. The van der Waals surface area contributed by atoms with Gasteiger partial charge in [0.05, 0.1) is 18.6 Å². The minimum atomic E-state index is -0.0229. The van der Waals surface area contributed by atoms with Crippen molar-refractivity contribution in [2.45, 2.75) is 32.8 Å². The number of likely N-dealkylation sites (N-methyl/N-ethyl adjacent to an activating group) is 1. The van der Waals surface area contributed by atoms with Gasteiger partial charge in [0.15, 0.2) is 0 Å². The molecular weight excluding hydrogens is 194 g/mol. The first-order valence-electron chi connectivity index (χ1n) is 5.72. The van der Waals surface area contributed by atoms with E-state index in [0.29, 0.717) is 13.1 Å². The van der Waals surface area contributed by atoms with Crippen LogP contribution in [0.1, 0.15) is 26.7 Å². The van der Waals surface area contributed by atoms with Crippen molar-refractivity contribution in [1.82, 2.24) is 4.90 Å². The molecule has 0 radical (unpaired) electrons. The number of aliphatic hydroxyl groups is 1. The molecule has 0 spiro atoms. The van der Waals surface area contributed by atoms with E-state index < -0.39 is 0 Å². The molecule has 88 valence electrons. The third kappa shape index (κ3) is 3.18. The van der Waals surface area contributed by atoms with Gasteiger partial charge in [-0.3, -0.25) is 4.79 Å². The van der Waals surface area contributed by atoms with Crippen LogP contribution < -0.4 is 0 Å². The smallest absolute Gasteiger partial charge is 0.228 e. The zero-order valence-corrected chi connectivity index (χ0v) is 9.61. The minimum absolute atomic E-state index is 0.0130. The van der Waals surface area contributed by atoms with E-state index in [1.54, 1.807) is 4.90 Å². The first kappa shape index (κ1) is 12.5. The van der Waals surface area contributed by atoms with Crippen molar-refractivity contribution >= 4 is 5.91 Å². The van der Waals surface area contributed by atoms with Gasteiger partial charge in [-0.1, -0.05) is 0 Å². The van der Waals surface area contributed by atoms with Gasteiger partial charge in [-0.25, -0.2) is 0 Å². The molecule has 0 aromatic carbocycles. The lowest BCUT2D eigenvalue weighted by molar-refractivity contribution is -0.144. The molecule has 0 aromatic heterocycles. The summed E-state index contributed by atoms with van der Waals surface area (Å²) in [5.74, 6) is 0.101. The van der Waals surface area contributed by atoms with Gasteiger partial charge >= 0.3 is 0 Å². The maximum Gasteiger partial charge on any atom is 0.228 e. The summed E-state index contributed by atoms with van der Waals surface area (Å²) >= 11 is 0. The number of ether oxygens (including phenoxy) is 1. The van der Waals surface area contributed by atoms with Crippen LogP contribution in [-0.4, -0.2) is 48.3 Å². The molecule has 0 aliphatic carbocycles. The van der Waals surface area contributed by atoms with E-state index in [4.69, 9.17) is 9.84 Å². The summed E-state index contributed by atoms with van der Waals surface area (Å²) in [5, 5.41) is 8.86. The highest BCUT2D eigenvalue weighted by molar-refractivity contribution is 5.79. The summed E-state index contributed by atoms with van der Waals surface area (Å²) in [7, 11) is 0. The molecule has 1 heterocycles. The molecule has 1 rings (SSSR count). The van der Waals surface area contributed by atoms with Crippen LogP contribution in [0.4, 0.5) is 0 Å². The Morgan fingerprint density at radius 3 is 2.87 bits per heavy atom. The van der Waals surface area contributed by atoms with Crippen molar-refractivity contribution in [2.75, 3.05) is 26.3 Å². The second-order valence-electron chi connectivity index (χ2n) is 3.97. The van der Waals surface area contributed by atoms with Gasteiger partial charge in [-0.2, -0.15) is 0 Å². The van der Waals surface area contributed by atoms with E-state index in [-0.39, 0.29) is 24.5 Å². The van der Waals surface area contributed by atoms with Crippen LogP contribution in [0.5, 0.6) is 0 Å². The van der Waals surface area contributed by atoms with E-state index in [1.165, 1.54) is 0 Å². The molecule has 4 nitrogen and oxygen atoms in total. The molecule has 1 N–H and O–H groups in total. The maximum absolute atomic E-state index is 12.1. The number of rotatable bonds is 4. The predicted octanol–water partition coefficient (Wildman–Crippen LogP) is 0.642. The van der Waals surface area contributed by atoms with E-state index in [1.807, 2.05) is 13.8 Å². The van der Waals surface area contributed by atoms with E-state index in [0.717, 1.165) is 19.4 Å².